The van der Waals surface area contributed by atoms with Gasteiger partial charge in [0.25, 0.3) is 0 Å². The molecular weight excluding hydrogens is 434 g/mol. The van der Waals surface area contributed by atoms with Gasteiger partial charge in [0, 0.05) is 25.6 Å². The zero-order chi connectivity index (χ0) is 22.6. The van der Waals surface area contributed by atoms with Crippen molar-refractivity contribution in [3.05, 3.63) is 16.5 Å². The van der Waals surface area contributed by atoms with Crippen LogP contribution in [0.3, 0.4) is 0 Å². The molecule has 0 aliphatic heterocycles. The summed E-state index contributed by atoms with van der Waals surface area (Å²) in [5, 5.41) is 14.1. The number of nitrogens with zero attached hydrogens (tertiary/aromatic N) is 3. The molecule has 0 spiro atoms. The topological polar surface area (TPSA) is 98.1 Å². The quantitative estimate of drug-likeness (QED) is 0.481. The average molecular weight is 466 g/mol. The van der Waals surface area contributed by atoms with Crippen molar-refractivity contribution in [3.8, 4) is 10.7 Å². The Morgan fingerprint density at radius 2 is 2.13 bits per heavy atom. The number of urea groups is 1. The summed E-state index contributed by atoms with van der Waals surface area (Å²) in [5.74, 6) is 1.20. The van der Waals surface area contributed by atoms with Gasteiger partial charge in [0.15, 0.2) is 11.0 Å². The Kier molecular flexibility index (Phi) is 7.77. The fraction of sp³-hybridized carbons (Fsp3) is 0.619. The van der Waals surface area contributed by atoms with Gasteiger partial charge in [0.1, 0.15) is 0 Å². The van der Waals surface area contributed by atoms with Gasteiger partial charge in [-0.05, 0) is 42.2 Å². The van der Waals surface area contributed by atoms with Crippen molar-refractivity contribution in [1.82, 2.24) is 25.4 Å². The Labute approximate surface area is 191 Å². The van der Waals surface area contributed by atoms with Crippen molar-refractivity contribution in [2.45, 2.75) is 45.2 Å². The van der Waals surface area contributed by atoms with Crippen LogP contribution in [-0.4, -0.2) is 52.7 Å². The summed E-state index contributed by atoms with van der Waals surface area (Å²) < 4.78 is 6.76. The maximum Gasteiger partial charge on any atom is 0.321 e. The molecule has 170 valence electrons. The van der Waals surface area contributed by atoms with E-state index in [4.69, 9.17) is 4.74 Å². The Morgan fingerprint density at radius 3 is 2.84 bits per heavy atom. The molecular formula is C21H31N5O3S2. The lowest BCUT2D eigenvalue weighted by Crippen LogP contribution is -2.41. The molecule has 1 atom stereocenters. The summed E-state index contributed by atoms with van der Waals surface area (Å²) in [6, 6.07) is 1.73. The van der Waals surface area contributed by atoms with Crippen molar-refractivity contribution in [1.29, 1.82) is 0 Å². The number of rotatable bonds is 7. The maximum atomic E-state index is 12.0. The van der Waals surface area contributed by atoms with Crippen molar-refractivity contribution >= 4 is 35.0 Å². The minimum absolute atomic E-state index is 0.0812. The van der Waals surface area contributed by atoms with Crippen LogP contribution in [-0.2, 0) is 29.4 Å². The predicted octanol–water partition coefficient (Wildman–Crippen LogP) is 3.26. The number of imide groups is 1. The number of amides is 3. The molecule has 0 radical (unpaired) electrons. The monoisotopic (exact) mass is 465 g/mol. The number of aryl methyl sites for hydroxylation is 1. The number of methoxy groups -OCH3 is 1. The van der Waals surface area contributed by atoms with E-state index in [-0.39, 0.29) is 11.7 Å². The highest BCUT2D eigenvalue weighted by atomic mass is 32.2. The van der Waals surface area contributed by atoms with E-state index in [2.05, 4.69) is 47.7 Å². The third-order valence-corrected chi connectivity index (χ3v) is 7.79. The molecule has 2 aromatic heterocycles. The standard InChI is InChI=1S/C21H31N5O3S2/c1-21(2,3)14-6-7-15-13(10-14)11-16(31-15)18-24-25-20(26(18)4)30-12-17(27)23-19(28)22-8-9-29-5/h11,14H,6-10,12H2,1-5H3,(H2,22,23,27,28)/t14-/m0/s1. The van der Waals surface area contributed by atoms with Gasteiger partial charge in [-0.2, -0.15) is 0 Å². The van der Waals surface area contributed by atoms with Crippen LogP contribution >= 0.6 is 23.1 Å². The number of carbonyl (C=O) groups excluding carboxylic acids is 2. The van der Waals surface area contributed by atoms with Crippen molar-refractivity contribution in [2.24, 2.45) is 18.4 Å². The van der Waals surface area contributed by atoms with Gasteiger partial charge in [0.2, 0.25) is 5.91 Å². The molecule has 2 aromatic rings. The molecule has 0 saturated heterocycles. The minimum atomic E-state index is -0.529. The largest absolute Gasteiger partial charge is 0.383 e. The van der Waals surface area contributed by atoms with Gasteiger partial charge in [0.05, 0.1) is 17.2 Å². The predicted molar refractivity (Wildman–Crippen MR) is 123 cm³/mol. The van der Waals surface area contributed by atoms with Gasteiger partial charge in [-0.1, -0.05) is 32.5 Å². The molecule has 0 fully saturated rings. The van der Waals surface area contributed by atoms with E-state index < -0.39 is 6.03 Å². The highest BCUT2D eigenvalue weighted by molar-refractivity contribution is 7.99. The molecule has 1 aliphatic rings. The van der Waals surface area contributed by atoms with Crippen LogP contribution in [0.1, 0.15) is 37.6 Å². The number of aromatic nitrogens is 3. The molecule has 1 aliphatic carbocycles. The molecule has 2 heterocycles. The van der Waals surface area contributed by atoms with Crippen molar-refractivity contribution < 1.29 is 14.3 Å². The van der Waals surface area contributed by atoms with E-state index >= 15 is 0 Å². The molecule has 0 aromatic carbocycles. The summed E-state index contributed by atoms with van der Waals surface area (Å²) in [7, 11) is 3.45. The van der Waals surface area contributed by atoms with E-state index in [0.29, 0.717) is 29.6 Å². The Bertz CT molecular complexity index is 932. The average Bonchev–Trinajstić information content (AvgIpc) is 3.28. The number of hydrogen-bond acceptors (Lipinski definition) is 7. The molecule has 0 saturated carbocycles. The van der Waals surface area contributed by atoms with E-state index in [1.807, 2.05) is 11.6 Å². The van der Waals surface area contributed by atoms with Crippen LogP contribution in [0.15, 0.2) is 11.2 Å². The van der Waals surface area contributed by atoms with Crippen LogP contribution in [0.2, 0.25) is 0 Å². The highest BCUT2D eigenvalue weighted by Gasteiger charge is 2.30. The normalized spacial score (nSPS) is 16.1. The molecule has 10 heteroatoms. The summed E-state index contributed by atoms with van der Waals surface area (Å²) in [4.78, 5) is 26.2. The SMILES string of the molecule is COCCNC(=O)NC(=O)CSc1nnc(-c2cc3c(s2)CC[C@H](C(C)(C)C)C3)n1C. The summed E-state index contributed by atoms with van der Waals surface area (Å²) in [6.07, 6.45) is 3.46. The first-order chi connectivity index (χ1) is 14.7. The van der Waals surface area contributed by atoms with Crippen molar-refractivity contribution in [3.63, 3.8) is 0 Å². The number of ether oxygens (including phenoxy) is 1. The fourth-order valence-electron chi connectivity index (χ4n) is 3.63. The van der Waals surface area contributed by atoms with Crippen LogP contribution in [0.25, 0.3) is 10.7 Å². The van der Waals surface area contributed by atoms with Gasteiger partial charge in [-0.3, -0.25) is 10.1 Å². The number of fused-ring (bicyclic) bond motifs is 1. The van der Waals surface area contributed by atoms with Gasteiger partial charge >= 0.3 is 6.03 Å². The zero-order valence-corrected chi connectivity index (χ0v) is 20.4. The summed E-state index contributed by atoms with van der Waals surface area (Å²) in [5.41, 5.74) is 1.75. The molecule has 8 nitrogen and oxygen atoms in total. The lowest BCUT2D eigenvalue weighted by atomic mass is 9.72. The lowest BCUT2D eigenvalue weighted by Gasteiger charge is -2.33. The smallest absolute Gasteiger partial charge is 0.321 e. The van der Waals surface area contributed by atoms with Crippen molar-refractivity contribution in [2.75, 3.05) is 26.0 Å². The number of thiophene rings is 1. The second kappa shape index (κ2) is 10.1. The number of hydrogen-bond donors (Lipinski definition) is 2. The van der Waals surface area contributed by atoms with Gasteiger partial charge in [-0.15, -0.1) is 21.5 Å². The van der Waals surface area contributed by atoms with E-state index in [0.717, 1.165) is 23.5 Å². The van der Waals surface area contributed by atoms with Crippen LogP contribution in [0.4, 0.5) is 4.79 Å². The van der Waals surface area contributed by atoms with E-state index in [1.165, 1.54) is 28.6 Å². The minimum Gasteiger partial charge on any atom is -0.383 e. The Balaban J connectivity index is 1.59. The zero-order valence-electron chi connectivity index (χ0n) is 18.8. The molecule has 3 amide bonds. The molecule has 31 heavy (non-hydrogen) atoms. The fourth-order valence-corrected chi connectivity index (χ4v) is 5.57. The molecule has 0 bridgehead atoms. The summed E-state index contributed by atoms with van der Waals surface area (Å²) in [6.45, 7) is 7.70. The first kappa shape index (κ1) is 23.7. The van der Waals surface area contributed by atoms with E-state index in [9.17, 15) is 9.59 Å². The third kappa shape index (κ3) is 6.08. The second-order valence-electron chi connectivity index (χ2n) is 8.82. The first-order valence-corrected chi connectivity index (χ1v) is 12.2. The maximum absolute atomic E-state index is 12.0. The number of carbonyl (C=O) groups is 2. The molecule has 0 unspecified atom stereocenters. The third-order valence-electron chi connectivity index (χ3n) is 5.54. The Morgan fingerprint density at radius 1 is 1.35 bits per heavy atom. The summed E-state index contributed by atoms with van der Waals surface area (Å²) >= 11 is 3.05. The van der Waals surface area contributed by atoms with Gasteiger partial charge < -0.3 is 14.6 Å². The number of thioether (sulfide) groups is 1. The van der Waals surface area contributed by atoms with Gasteiger partial charge in [-0.25, -0.2) is 4.79 Å². The number of nitrogens with one attached hydrogen (secondary N) is 2. The highest BCUT2D eigenvalue weighted by Crippen LogP contribution is 2.42. The van der Waals surface area contributed by atoms with Crippen LogP contribution < -0.4 is 10.6 Å². The molecule has 2 N–H and O–H groups in total. The van der Waals surface area contributed by atoms with Crippen LogP contribution in [0.5, 0.6) is 0 Å². The Hall–Kier alpha value is -1.91. The lowest BCUT2D eigenvalue weighted by molar-refractivity contribution is -0.117. The second-order valence-corrected chi connectivity index (χ2v) is 10.9. The van der Waals surface area contributed by atoms with E-state index in [1.54, 1.807) is 18.4 Å². The van der Waals surface area contributed by atoms with Crippen LogP contribution in [0, 0.1) is 11.3 Å². The first-order valence-electron chi connectivity index (χ1n) is 10.4. The molecule has 3 rings (SSSR count).